The van der Waals surface area contributed by atoms with Crippen LogP contribution in [-0.2, 0) is 0 Å². The summed E-state index contributed by atoms with van der Waals surface area (Å²) >= 11 is 2.26. The molecule has 0 bridgehead atoms. The first-order valence-electron chi connectivity index (χ1n) is 4.57. The molecule has 0 unspecified atom stereocenters. The molecule has 1 aromatic rings. The summed E-state index contributed by atoms with van der Waals surface area (Å²) in [7, 11) is 2.07. The number of hydrogen-bond acceptors (Lipinski definition) is 3. The Morgan fingerprint density at radius 1 is 1.43 bits per heavy atom. The molecule has 0 N–H and O–H groups in total. The lowest BCUT2D eigenvalue weighted by Gasteiger charge is -2.27. The van der Waals surface area contributed by atoms with E-state index in [1.54, 1.807) is 6.33 Å². The molecule has 0 amide bonds. The van der Waals surface area contributed by atoms with Crippen LogP contribution < -0.4 is 4.90 Å². The van der Waals surface area contributed by atoms with Crippen molar-refractivity contribution < 1.29 is 0 Å². The van der Waals surface area contributed by atoms with Crippen molar-refractivity contribution in [2.75, 3.05) is 18.5 Å². The number of halogens is 1. The number of rotatable bonds is 2. The van der Waals surface area contributed by atoms with E-state index in [4.69, 9.17) is 0 Å². The van der Waals surface area contributed by atoms with E-state index in [9.17, 15) is 0 Å². The molecule has 4 heteroatoms. The fourth-order valence-electron chi connectivity index (χ4n) is 1.37. The lowest BCUT2D eigenvalue weighted by molar-refractivity contribution is 0.417. The summed E-state index contributed by atoms with van der Waals surface area (Å²) in [4.78, 5) is 10.4. The van der Waals surface area contributed by atoms with E-state index in [0.29, 0.717) is 0 Å². The van der Waals surface area contributed by atoms with Gasteiger partial charge in [-0.15, -0.1) is 0 Å². The van der Waals surface area contributed by atoms with Crippen LogP contribution in [0.4, 0.5) is 5.82 Å². The normalized spacial score (nSPS) is 11.5. The molecule has 78 valence electrons. The molecule has 0 radical (unpaired) electrons. The average Bonchev–Trinajstić information content (AvgIpc) is 2.01. The first-order valence-corrected chi connectivity index (χ1v) is 5.65. The van der Waals surface area contributed by atoms with Crippen molar-refractivity contribution in [2.24, 2.45) is 5.41 Å². The quantitative estimate of drug-likeness (QED) is 0.786. The van der Waals surface area contributed by atoms with E-state index < -0.39 is 0 Å². The fraction of sp³-hybridized carbons (Fsp3) is 0.600. The number of hydrogen-bond donors (Lipinski definition) is 0. The van der Waals surface area contributed by atoms with Gasteiger partial charge in [0, 0.05) is 19.8 Å². The molecular formula is C10H16IN3. The highest BCUT2D eigenvalue weighted by atomic mass is 127. The third-order valence-corrected chi connectivity index (χ3v) is 2.48. The van der Waals surface area contributed by atoms with Crippen molar-refractivity contribution in [2.45, 2.75) is 20.8 Å². The summed E-state index contributed by atoms with van der Waals surface area (Å²) in [5.74, 6) is 1.01. The molecule has 0 aromatic carbocycles. The van der Waals surface area contributed by atoms with Gasteiger partial charge in [-0.2, -0.15) is 0 Å². The molecule has 0 aliphatic carbocycles. The summed E-state index contributed by atoms with van der Waals surface area (Å²) in [6, 6.07) is 0. The molecule has 3 nitrogen and oxygen atoms in total. The van der Waals surface area contributed by atoms with Crippen LogP contribution in [-0.4, -0.2) is 23.6 Å². The molecule has 1 rings (SSSR count). The van der Waals surface area contributed by atoms with E-state index in [0.717, 1.165) is 15.9 Å². The Bertz CT molecular complexity index is 306. The highest BCUT2D eigenvalue weighted by molar-refractivity contribution is 14.1. The van der Waals surface area contributed by atoms with E-state index in [2.05, 4.69) is 65.3 Å². The Balaban J connectivity index is 2.80. The summed E-state index contributed by atoms with van der Waals surface area (Å²) in [6.45, 7) is 7.65. The van der Waals surface area contributed by atoms with Crippen LogP contribution in [0.2, 0.25) is 0 Å². The smallest absolute Gasteiger partial charge is 0.145 e. The largest absolute Gasteiger partial charge is 0.358 e. The minimum Gasteiger partial charge on any atom is -0.358 e. The summed E-state index contributed by atoms with van der Waals surface area (Å²) < 4.78 is 1.09. The molecule has 0 saturated heterocycles. The minimum absolute atomic E-state index is 0.281. The van der Waals surface area contributed by atoms with E-state index in [1.807, 2.05) is 6.20 Å². The van der Waals surface area contributed by atoms with Crippen molar-refractivity contribution in [1.29, 1.82) is 0 Å². The summed E-state index contributed by atoms with van der Waals surface area (Å²) in [6.07, 6.45) is 3.43. The predicted octanol–water partition coefficient (Wildman–Crippen LogP) is 2.56. The highest BCUT2D eigenvalue weighted by Gasteiger charge is 2.16. The molecule has 0 aliphatic heterocycles. The van der Waals surface area contributed by atoms with Crippen LogP contribution >= 0.6 is 22.6 Å². The Kier molecular flexibility index (Phi) is 3.69. The van der Waals surface area contributed by atoms with Gasteiger partial charge in [0.15, 0.2) is 0 Å². The molecule has 0 spiro atoms. The number of nitrogens with zero attached hydrogens (tertiary/aromatic N) is 3. The van der Waals surface area contributed by atoms with E-state index in [1.165, 1.54) is 0 Å². The van der Waals surface area contributed by atoms with Gasteiger partial charge < -0.3 is 4.90 Å². The standard InChI is InChI=1S/C10H16IN3/c1-10(2,3)6-14(4)9-8(11)5-12-7-13-9/h5,7H,6H2,1-4H3. The monoisotopic (exact) mass is 305 g/mol. The van der Waals surface area contributed by atoms with Gasteiger partial charge in [0.2, 0.25) is 0 Å². The van der Waals surface area contributed by atoms with Gasteiger partial charge in [0.1, 0.15) is 12.1 Å². The third kappa shape index (κ3) is 3.40. The second kappa shape index (κ2) is 4.42. The topological polar surface area (TPSA) is 29.0 Å². The zero-order valence-corrected chi connectivity index (χ0v) is 11.2. The first kappa shape index (κ1) is 11.7. The SMILES string of the molecule is CN(CC(C)(C)C)c1ncncc1I. The molecule has 1 aromatic heterocycles. The predicted molar refractivity (Wildman–Crippen MR) is 67.5 cm³/mol. The van der Waals surface area contributed by atoms with Gasteiger partial charge in [-0.05, 0) is 28.0 Å². The van der Waals surface area contributed by atoms with Crippen LogP contribution in [0.1, 0.15) is 20.8 Å². The zero-order chi connectivity index (χ0) is 10.8. The Morgan fingerprint density at radius 2 is 2.07 bits per heavy atom. The molecule has 0 atom stereocenters. The third-order valence-electron chi connectivity index (χ3n) is 1.72. The number of anilines is 1. The van der Waals surface area contributed by atoms with Crippen LogP contribution in [0.5, 0.6) is 0 Å². The van der Waals surface area contributed by atoms with Crippen LogP contribution in [0.3, 0.4) is 0 Å². The maximum absolute atomic E-state index is 4.27. The second-order valence-electron chi connectivity index (χ2n) is 4.61. The molecule has 1 heterocycles. The van der Waals surface area contributed by atoms with Gasteiger partial charge in [-0.3, -0.25) is 0 Å². The van der Waals surface area contributed by atoms with Crippen molar-refractivity contribution in [1.82, 2.24) is 9.97 Å². The van der Waals surface area contributed by atoms with Crippen molar-refractivity contribution in [3.8, 4) is 0 Å². The van der Waals surface area contributed by atoms with Gasteiger partial charge in [0.05, 0.1) is 3.57 Å². The number of aromatic nitrogens is 2. The molecule has 0 saturated carbocycles. The van der Waals surface area contributed by atoms with Crippen LogP contribution in [0, 0.1) is 8.99 Å². The molecule has 0 aliphatic rings. The van der Waals surface area contributed by atoms with E-state index >= 15 is 0 Å². The van der Waals surface area contributed by atoms with Gasteiger partial charge in [-0.1, -0.05) is 20.8 Å². The minimum atomic E-state index is 0.281. The molecule has 0 fully saturated rings. The van der Waals surface area contributed by atoms with Crippen LogP contribution in [0.25, 0.3) is 0 Å². The zero-order valence-electron chi connectivity index (χ0n) is 9.08. The van der Waals surface area contributed by atoms with Gasteiger partial charge in [0.25, 0.3) is 0 Å². The average molecular weight is 305 g/mol. The maximum atomic E-state index is 4.27. The van der Waals surface area contributed by atoms with Crippen molar-refractivity contribution in [3.05, 3.63) is 16.1 Å². The van der Waals surface area contributed by atoms with Crippen molar-refractivity contribution in [3.63, 3.8) is 0 Å². The Labute approximate surface area is 99.1 Å². The summed E-state index contributed by atoms with van der Waals surface area (Å²) in [5.41, 5.74) is 0.281. The maximum Gasteiger partial charge on any atom is 0.145 e. The van der Waals surface area contributed by atoms with Gasteiger partial charge in [-0.25, -0.2) is 9.97 Å². The second-order valence-corrected chi connectivity index (χ2v) is 5.77. The van der Waals surface area contributed by atoms with Gasteiger partial charge >= 0.3 is 0 Å². The Hall–Kier alpha value is -0.390. The van der Waals surface area contributed by atoms with E-state index in [-0.39, 0.29) is 5.41 Å². The fourth-order valence-corrected chi connectivity index (χ4v) is 2.09. The van der Waals surface area contributed by atoms with Crippen molar-refractivity contribution >= 4 is 28.4 Å². The lowest BCUT2D eigenvalue weighted by Crippen LogP contribution is -2.30. The highest BCUT2D eigenvalue weighted by Crippen LogP contribution is 2.21. The molecular weight excluding hydrogens is 289 g/mol. The Morgan fingerprint density at radius 3 is 2.57 bits per heavy atom. The lowest BCUT2D eigenvalue weighted by atomic mass is 9.96. The first-order chi connectivity index (χ1) is 6.40. The van der Waals surface area contributed by atoms with Crippen LogP contribution in [0.15, 0.2) is 12.5 Å². The summed E-state index contributed by atoms with van der Waals surface area (Å²) in [5, 5.41) is 0. The molecule has 14 heavy (non-hydrogen) atoms.